The highest BCUT2D eigenvalue weighted by Crippen LogP contribution is 2.41. The minimum atomic E-state index is 0.783. The summed E-state index contributed by atoms with van der Waals surface area (Å²) < 4.78 is 0. The van der Waals surface area contributed by atoms with Crippen molar-refractivity contribution in [3.05, 3.63) is 29.6 Å². The average Bonchev–Trinajstić information content (AvgIpc) is 2.39. The van der Waals surface area contributed by atoms with Gasteiger partial charge >= 0.3 is 0 Å². The van der Waals surface area contributed by atoms with Gasteiger partial charge in [0.25, 0.3) is 0 Å². The summed E-state index contributed by atoms with van der Waals surface area (Å²) in [5, 5.41) is 0. The molecule has 0 bridgehead atoms. The monoisotopic (exact) mass is 215 g/mol. The van der Waals surface area contributed by atoms with Crippen LogP contribution in [0.2, 0.25) is 0 Å². The van der Waals surface area contributed by atoms with Crippen LogP contribution in [0.1, 0.15) is 62.1 Å². The van der Waals surface area contributed by atoms with E-state index in [9.17, 15) is 0 Å². The lowest BCUT2D eigenvalue weighted by Gasteiger charge is -2.33. The quantitative estimate of drug-likeness (QED) is 0.688. The van der Waals surface area contributed by atoms with E-state index in [-0.39, 0.29) is 0 Å². The van der Waals surface area contributed by atoms with Crippen LogP contribution in [0.5, 0.6) is 0 Å². The van der Waals surface area contributed by atoms with Gasteiger partial charge in [0, 0.05) is 17.8 Å². The van der Waals surface area contributed by atoms with Gasteiger partial charge < -0.3 is 0 Å². The Bertz CT molecular complexity index is 352. The molecule has 3 rings (SSSR count). The third kappa shape index (κ3) is 1.88. The van der Waals surface area contributed by atoms with Gasteiger partial charge in [-0.05, 0) is 49.7 Å². The smallest absolute Gasteiger partial charge is 0.0469 e. The van der Waals surface area contributed by atoms with E-state index < -0.39 is 0 Å². The van der Waals surface area contributed by atoms with E-state index in [1.807, 2.05) is 6.20 Å². The molecule has 0 radical (unpaired) electrons. The molecule has 1 fully saturated rings. The number of hydrogen-bond donors (Lipinski definition) is 0. The lowest BCUT2D eigenvalue weighted by Crippen LogP contribution is -2.21. The van der Waals surface area contributed by atoms with Gasteiger partial charge in [-0.15, -0.1) is 0 Å². The summed E-state index contributed by atoms with van der Waals surface area (Å²) in [5.41, 5.74) is 2.98. The topological polar surface area (TPSA) is 12.9 Å². The molecule has 16 heavy (non-hydrogen) atoms. The molecule has 1 atom stereocenters. The Morgan fingerprint density at radius 1 is 1.00 bits per heavy atom. The highest BCUT2D eigenvalue weighted by atomic mass is 14.7. The van der Waals surface area contributed by atoms with Gasteiger partial charge in [-0.1, -0.05) is 25.3 Å². The van der Waals surface area contributed by atoms with E-state index in [2.05, 4.69) is 17.1 Å². The number of aryl methyl sites for hydroxylation is 1. The molecule has 1 nitrogen and oxygen atoms in total. The van der Waals surface area contributed by atoms with Gasteiger partial charge in [0.1, 0.15) is 0 Å². The zero-order valence-corrected chi connectivity index (χ0v) is 9.99. The van der Waals surface area contributed by atoms with Crippen molar-refractivity contribution in [2.75, 3.05) is 0 Å². The summed E-state index contributed by atoms with van der Waals surface area (Å²) in [6, 6.07) is 4.39. The number of fused-ring (bicyclic) bond motifs is 1. The highest BCUT2D eigenvalue weighted by Gasteiger charge is 2.29. The van der Waals surface area contributed by atoms with Crippen molar-refractivity contribution in [2.45, 2.75) is 57.3 Å². The summed E-state index contributed by atoms with van der Waals surface area (Å²) in [6.45, 7) is 0. The van der Waals surface area contributed by atoms with Crippen LogP contribution >= 0.6 is 0 Å². The number of pyridine rings is 1. The van der Waals surface area contributed by atoms with Crippen LogP contribution in [0.15, 0.2) is 18.3 Å². The summed E-state index contributed by atoms with van der Waals surface area (Å²) in [6.07, 6.45) is 13.2. The van der Waals surface area contributed by atoms with Gasteiger partial charge in [0.2, 0.25) is 0 Å². The summed E-state index contributed by atoms with van der Waals surface area (Å²) in [5.74, 6) is 1.72. The van der Waals surface area contributed by atoms with Gasteiger partial charge in [0.15, 0.2) is 0 Å². The molecule has 86 valence electrons. The largest absolute Gasteiger partial charge is 0.261 e. The molecule has 1 aromatic rings. The van der Waals surface area contributed by atoms with E-state index in [1.54, 1.807) is 0 Å². The van der Waals surface area contributed by atoms with Crippen LogP contribution in [0.25, 0.3) is 0 Å². The molecule has 0 saturated heterocycles. The standard InChI is InChI=1S/C15H21N/c1-2-6-12(7-3-1)14-10-4-8-13-9-5-11-16-15(13)14/h5,9,11-12,14H,1-4,6-8,10H2/t14-/m0/s1. The van der Waals surface area contributed by atoms with Crippen LogP contribution in [0.4, 0.5) is 0 Å². The lowest BCUT2D eigenvalue weighted by atomic mass is 9.73. The highest BCUT2D eigenvalue weighted by molar-refractivity contribution is 5.26. The number of aromatic nitrogens is 1. The van der Waals surface area contributed by atoms with Crippen LogP contribution in [0, 0.1) is 5.92 Å². The normalized spacial score (nSPS) is 26.4. The Morgan fingerprint density at radius 2 is 1.88 bits per heavy atom. The molecule has 0 aromatic carbocycles. The molecule has 0 amide bonds. The van der Waals surface area contributed by atoms with Crippen molar-refractivity contribution in [2.24, 2.45) is 5.92 Å². The zero-order chi connectivity index (χ0) is 10.8. The lowest BCUT2D eigenvalue weighted by molar-refractivity contribution is 0.279. The van der Waals surface area contributed by atoms with E-state index in [0.717, 1.165) is 11.8 Å². The molecule has 0 N–H and O–H groups in total. The Labute approximate surface area is 98.3 Å². The molecular formula is C15H21N. The molecule has 1 aromatic heterocycles. The number of nitrogens with zero attached hydrogens (tertiary/aromatic N) is 1. The Hall–Kier alpha value is -0.850. The predicted octanol–water partition coefficient (Wildman–Crippen LogP) is 4.08. The van der Waals surface area contributed by atoms with E-state index in [0.29, 0.717) is 0 Å². The molecule has 1 heterocycles. The zero-order valence-electron chi connectivity index (χ0n) is 9.99. The summed E-state index contributed by atoms with van der Waals surface area (Å²) in [4.78, 5) is 4.68. The van der Waals surface area contributed by atoms with Crippen LogP contribution in [-0.4, -0.2) is 4.98 Å². The van der Waals surface area contributed by atoms with Gasteiger partial charge in [-0.2, -0.15) is 0 Å². The third-order valence-electron chi connectivity index (χ3n) is 4.46. The van der Waals surface area contributed by atoms with E-state index in [1.165, 1.54) is 62.6 Å². The van der Waals surface area contributed by atoms with Crippen molar-refractivity contribution < 1.29 is 0 Å². The maximum atomic E-state index is 4.68. The van der Waals surface area contributed by atoms with Gasteiger partial charge in [-0.3, -0.25) is 4.98 Å². The third-order valence-corrected chi connectivity index (χ3v) is 4.46. The fourth-order valence-corrected chi connectivity index (χ4v) is 3.64. The first-order valence-corrected chi connectivity index (χ1v) is 6.89. The molecule has 2 aliphatic rings. The molecular weight excluding hydrogens is 194 g/mol. The molecule has 1 heteroatoms. The van der Waals surface area contributed by atoms with Crippen LogP contribution in [-0.2, 0) is 6.42 Å². The number of hydrogen-bond acceptors (Lipinski definition) is 1. The first-order valence-electron chi connectivity index (χ1n) is 6.89. The molecule has 1 saturated carbocycles. The van der Waals surface area contributed by atoms with E-state index >= 15 is 0 Å². The van der Waals surface area contributed by atoms with Crippen molar-refractivity contribution >= 4 is 0 Å². The minimum Gasteiger partial charge on any atom is -0.261 e. The van der Waals surface area contributed by atoms with Gasteiger partial charge in [-0.25, -0.2) is 0 Å². The first-order chi connectivity index (χ1) is 7.95. The van der Waals surface area contributed by atoms with E-state index in [4.69, 9.17) is 0 Å². The maximum Gasteiger partial charge on any atom is 0.0469 e. The fraction of sp³-hybridized carbons (Fsp3) is 0.667. The number of rotatable bonds is 1. The Kier molecular flexibility index (Phi) is 2.94. The van der Waals surface area contributed by atoms with Gasteiger partial charge in [0.05, 0.1) is 0 Å². The minimum absolute atomic E-state index is 0.783. The first kappa shape index (κ1) is 10.3. The Morgan fingerprint density at radius 3 is 2.75 bits per heavy atom. The molecule has 0 aliphatic heterocycles. The van der Waals surface area contributed by atoms with Crippen molar-refractivity contribution in [1.29, 1.82) is 0 Å². The van der Waals surface area contributed by atoms with Crippen molar-refractivity contribution in [3.8, 4) is 0 Å². The predicted molar refractivity (Wildman–Crippen MR) is 66.5 cm³/mol. The van der Waals surface area contributed by atoms with Crippen LogP contribution in [0.3, 0.4) is 0 Å². The second kappa shape index (κ2) is 4.57. The second-order valence-electron chi connectivity index (χ2n) is 5.44. The molecule has 2 aliphatic carbocycles. The fourth-order valence-electron chi connectivity index (χ4n) is 3.64. The maximum absolute atomic E-state index is 4.68. The molecule has 0 unspecified atom stereocenters. The Balaban J connectivity index is 1.86. The second-order valence-corrected chi connectivity index (χ2v) is 5.44. The van der Waals surface area contributed by atoms with Crippen molar-refractivity contribution in [3.63, 3.8) is 0 Å². The SMILES string of the molecule is c1cnc2c(c1)CCC[C@H]2C1CCCCC1. The summed E-state index contributed by atoms with van der Waals surface area (Å²) >= 11 is 0. The van der Waals surface area contributed by atoms with Crippen molar-refractivity contribution in [1.82, 2.24) is 4.98 Å². The molecule has 0 spiro atoms. The summed E-state index contributed by atoms with van der Waals surface area (Å²) in [7, 11) is 0. The van der Waals surface area contributed by atoms with Crippen LogP contribution < -0.4 is 0 Å². The average molecular weight is 215 g/mol.